The predicted molar refractivity (Wildman–Crippen MR) is 55.2 cm³/mol. The highest BCUT2D eigenvalue weighted by atomic mass is 32.2. The van der Waals surface area contributed by atoms with E-state index in [-0.39, 0.29) is 0 Å². The first kappa shape index (κ1) is 8.72. The van der Waals surface area contributed by atoms with Gasteiger partial charge in [0, 0.05) is 4.90 Å². The SMILES string of the molecule is Cc1nnc(Sc2ccccc2)s1. The van der Waals surface area contributed by atoms with Gasteiger partial charge in [0.15, 0.2) is 4.34 Å². The maximum atomic E-state index is 4.04. The summed E-state index contributed by atoms with van der Waals surface area (Å²) in [5.41, 5.74) is 0. The van der Waals surface area contributed by atoms with E-state index in [4.69, 9.17) is 0 Å². The van der Waals surface area contributed by atoms with Crippen LogP contribution in [-0.2, 0) is 0 Å². The zero-order valence-electron chi connectivity index (χ0n) is 7.10. The second-order valence-electron chi connectivity index (χ2n) is 2.50. The molecule has 0 aliphatic carbocycles. The number of aromatic nitrogens is 2. The standard InChI is InChI=1S/C9H8N2S2/c1-7-10-11-9(12-7)13-8-5-3-2-4-6-8/h2-6H,1H3. The molecule has 0 saturated carbocycles. The Bertz CT molecular complexity index is 384. The molecule has 0 aliphatic rings. The van der Waals surface area contributed by atoms with Crippen molar-refractivity contribution in [1.29, 1.82) is 0 Å². The van der Waals surface area contributed by atoms with Gasteiger partial charge in [0.05, 0.1) is 0 Å². The van der Waals surface area contributed by atoms with Crippen LogP contribution in [0.1, 0.15) is 5.01 Å². The summed E-state index contributed by atoms with van der Waals surface area (Å²) in [6.45, 7) is 1.96. The van der Waals surface area contributed by atoms with Crippen molar-refractivity contribution in [3.63, 3.8) is 0 Å². The highest BCUT2D eigenvalue weighted by Crippen LogP contribution is 2.29. The summed E-state index contributed by atoms with van der Waals surface area (Å²) >= 11 is 3.28. The first-order valence-electron chi connectivity index (χ1n) is 3.87. The molecular formula is C9H8N2S2. The molecule has 66 valence electrons. The third-order valence-electron chi connectivity index (χ3n) is 1.46. The monoisotopic (exact) mass is 208 g/mol. The lowest BCUT2D eigenvalue weighted by Crippen LogP contribution is -1.71. The molecule has 13 heavy (non-hydrogen) atoms. The van der Waals surface area contributed by atoms with Gasteiger partial charge in [-0.1, -0.05) is 41.3 Å². The van der Waals surface area contributed by atoms with E-state index in [1.165, 1.54) is 4.90 Å². The minimum absolute atomic E-state index is 1.00. The lowest BCUT2D eigenvalue weighted by atomic mass is 10.4. The molecule has 0 unspecified atom stereocenters. The van der Waals surface area contributed by atoms with Gasteiger partial charge in [0.2, 0.25) is 0 Å². The number of hydrogen-bond donors (Lipinski definition) is 0. The molecule has 4 heteroatoms. The molecule has 0 radical (unpaired) electrons. The Balaban J connectivity index is 2.15. The van der Waals surface area contributed by atoms with Crippen LogP contribution < -0.4 is 0 Å². The maximum absolute atomic E-state index is 4.04. The second-order valence-corrected chi connectivity index (χ2v) is 5.00. The van der Waals surface area contributed by atoms with Gasteiger partial charge in [-0.2, -0.15) is 0 Å². The molecule has 0 N–H and O–H groups in total. The van der Waals surface area contributed by atoms with E-state index >= 15 is 0 Å². The molecular weight excluding hydrogens is 200 g/mol. The Hall–Kier alpha value is -0.870. The Labute approximate surface area is 85.0 Å². The normalized spacial score (nSPS) is 10.2. The van der Waals surface area contributed by atoms with E-state index < -0.39 is 0 Å². The summed E-state index contributed by atoms with van der Waals surface area (Å²) in [6.07, 6.45) is 0. The van der Waals surface area contributed by atoms with Crippen molar-refractivity contribution in [2.75, 3.05) is 0 Å². The van der Waals surface area contributed by atoms with Gasteiger partial charge in [-0.25, -0.2) is 0 Å². The lowest BCUT2D eigenvalue weighted by Gasteiger charge is -1.93. The highest BCUT2D eigenvalue weighted by Gasteiger charge is 2.01. The molecule has 2 rings (SSSR count). The summed E-state index contributed by atoms with van der Waals surface area (Å²) in [4.78, 5) is 1.21. The molecule has 2 aromatic rings. The zero-order valence-corrected chi connectivity index (χ0v) is 8.73. The van der Waals surface area contributed by atoms with Crippen molar-refractivity contribution in [1.82, 2.24) is 10.2 Å². The number of hydrogen-bond acceptors (Lipinski definition) is 4. The molecule has 0 fully saturated rings. The fourth-order valence-corrected chi connectivity index (χ4v) is 2.72. The average molecular weight is 208 g/mol. The van der Waals surface area contributed by atoms with Gasteiger partial charge in [0.25, 0.3) is 0 Å². The zero-order chi connectivity index (χ0) is 9.10. The molecule has 1 aromatic carbocycles. The largest absolute Gasteiger partial charge is 0.179 e. The summed E-state index contributed by atoms with van der Waals surface area (Å²) in [5.74, 6) is 0. The van der Waals surface area contributed by atoms with Crippen molar-refractivity contribution in [3.05, 3.63) is 35.3 Å². The predicted octanol–water partition coefficient (Wildman–Crippen LogP) is 3.00. The van der Waals surface area contributed by atoms with E-state index in [9.17, 15) is 0 Å². The molecule has 0 aliphatic heterocycles. The molecule has 0 atom stereocenters. The van der Waals surface area contributed by atoms with Crippen LogP contribution in [0.3, 0.4) is 0 Å². The molecule has 1 heterocycles. The van der Waals surface area contributed by atoms with Crippen molar-refractivity contribution in [2.45, 2.75) is 16.2 Å². The highest BCUT2D eigenvalue weighted by molar-refractivity contribution is 8.01. The number of aryl methyl sites for hydroxylation is 1. The maximum Gasteiger partial charge on any atom is 0.179 e. The summed E-state index contributed by atoms with van der Waals surface area (Å²) in [7, 11) is 0. The van der Waals surface area contributed by atoms with Crippen molar-refractivity contribution in [3.8, 4) is 0 Å². The van der Waals surface area contributed by atoms with Crippen molar-refractivity contribution >= 4 is 23.1 Å². The van der Waals surface area contributed by atoms with Crippen LogP contribution in [0.25, 0.3) is 0 Å². The van der Waals surface area contributed by atoms with Gasteiger partial charge >= 0.3 is 0 Å². The van der Waals surface area contributed by atoms with E-state index in [2.05, 4.69) is 22.3 Å². The van der Waals surface area contributed by atoms with Crippen LogP contribution in [0, 0.1) is 6.92 Å². The number of benzene rings is 1. The Kier molecular flexibility index (Phi) is 2.61. The third-order valence-corrected chi connectivity index (χ3v) is 3.35. The smallest absolute Gasteiger partial charge is 0.143 e. The number of rotatable bonds is 2. The van der Waals surface area contributed by atoms with E-state index in [0.717, 1.165) is 9.35 Å². The third kappa shape index (κ3) is 2.29. The number of nitrogens with zero attached hydrogens (tertiary/aromatic N) is 2. The van der Waals surface area contributed by atoms with Crippen molar-refractivity contribution < 1.29 is 0 Å². The molecule has 2 nitrogen and oxygen atoms in total. The molecule has 0 amide bonds. The first-order chi connectivity index (χ1) is 6.34. The Morgan fingerprint density at radius 2 is 1.92 bits per heavy atom. The second kappa shape index (κ2) is 3.89. The average Bonchev–Trinajstić information content (AvgIpc) is 2.53. The summed E-state index contributed by atoms with van der Waals surface area (Å²) in [6, 6.07) is 10.2. The van der Waals surface area contributed by atoms with Gasteiger partial charge in [-0.15, -0.1) is 10.2 Å². The topological polar surface area (TPSA) is 25.8 Å². The van der Waals surface area contributed by atoms with E-state index in [1.807, 2.05) is 25.1 Å². The minimum Gasteiger partial charge on any atom is -0.143 e. The van der Waals surface area contributed by atoms with Gasteiger partial charge in [-0.3, -0.25) is 0 Å². The van der Waals surface area contributed by atoms with E-state index in [0.29, 0.717) is 0 Å². The fraction of sp³-hybridized carbons (Fsp3) is 0.111. The van der Waals surface area contributed by atoms with Crippen LogP contribution in [0.15, 0.2) is 39.6 Å². The van der Waals surface area contributed by atoms with Crippen molar-refractivity contribution in [2.24, 2.45) is 0 Å². The van der Waals surface area contributed by atoms with Crippen LogP contribution >= 0.6 is 23.1 Å². The van der Waals surface area contributed by atoms with Crippen LogP contribution in [0.4, 0.5) is 0 Å². The lowest BCUT2D eigenvalue weighted by molar-refractivity contribution is 0.984. The van der Waals surface area contributed by atoms with E-state index in [1.54, 1.807) is 23.1 Å². The summed E-state index contributed by atoms with van der Waals surface area (Å²) < 4.78 is 1.00. The summed E-state index contributed by atoms with van der Waals surface area (Å²) in [5, 5.41) is 9.02. The quantitative estimate of drug-likeness (QED) is 0.758. The molecule has 0 bridgehead atoms. The minimum atomic E-state index is 1.00. The van der Waals surface area contributed by atoms with Crippen LogP contribution in [-0.4, -0.2) is 10.2 Å². The van der Waals surface area contributed by atoms with Crippen LogP contribution in [0.2, 0.25) is 0 Å². The molecule has 0 spiro atoms. The molecule has 1 aromatic heterocycles. The first-order valence-corrected chi connectivity index (χ1v) is 5.51. The van der Waals surface area contributed by atoms with Gasteiger partial charge in [0.1, 0.15) is 5.01 Å². The van der Waals surface area contributed by atoms with Gasteiger partial charge in [-0.05, 0) is 19.1 Å². The Morgan fingerprint density at radius 3 is 2.54 bits per heavy atom. The fourth-order valence-electron chi connectivity index (χ4n) is 0.909. The van der Waals surface area contributed by atoms with Gasteiger partial charge < -0.3 is 0 Å². The van der Waals surface area contributed by atoms with Crippen LogP contribution in [0.5, 0.6) is 0 Å². The Morgan fingerprint density at radius 1 is 1.15 bits per heavy atom. The molecule has 0 saturated heterocycles.